The minimum Gasteiger partial charge on any atom is -0.469 e. The van der Waals surface area contributed by atoms with Crippen molar-refractivity contribution in [3.05, 3.63) is 29.8 Å². The van der Waals surface area contributed by atoms with Crippen LogP contribution in [0.3, 0.4) is 0 Å². The van der Waals surface area contributed by atoms with Crippen LogP contribution in [-0.4, -0.2) is 26.7 Å². The number of hydrogen-bond donors (Lipinski definition) is 0. The van der Waals surface area contributed by atoms with Crippen molar-refractivity contribution in [3.63, 3.8) is 0 Å². The summed E-state index contributed by atoms with van der Waals surface area (Å²) in [7, 11) is 2.93. The molecular weight excluding hydrogens is 240 g/mol. The molecule has 0 aliphatic rings. The van der Waals surface area contributed by atoms with Gasteiger partial charge in [-0.1, -0.05) is 6.92 Å². The molecule has 100 valence electrons. The summed E-state index contributed by atoms with van der Waals surface area (Å²) < 4.78 is 31.3. The van der Waals surface area contributed by atoms with Crippen molar-refractivity contribution in [2.24, 2.45) is 5.92 Å². The highest BCUT2D eigenvalue weighted by atomic mass is 19.1. The van der Waals surface area contributed by atoms with E-state index in [1.165, 1.54) is 12.0 Å². The van der Waals surface area contributed by atoms with Gasteiger partial charge in [0.2, 0.25) is 0 Å². The summed E-state index contributed by atoms with van der Waals surface area (Å²) in [6, 6.07) is 3.24. The SMILES string of the molecule is CCC(CN(C)c1cc(F)ccc1F)C(=O)OC. The summed E-state index contributed by atoms with van der Waals surface area (Å²) in [5, 5.41) is 0. The van der Waals surface area contributed by atoms with Crippen molar-refractivity contribution in [2.45, 2.75) is 13.3 Å². The second kappa shape index (κ2) is 6.33. The number of hydrogen-bond acceptors (Lipinski definition) is 3. The molecule has 1 atom stereocenters. The van der Waals surface area contributed by atoms with Crippen LogP contribution in [0.4, 0.5) is 14.5 Å². The zero-order chi connectivity index (χ0) is 13.7. The molecule has 18 heavy (non-hydrogen) atoms. The fourth-order valence-corrected chi connectivity index (χ4v) is 1.74. The molecule has 0 saturated heterocycles. The summed E-state index contributed by atoms with van der Waals surface area (Å²) in [5.74, 6) is -1.73. The van der Waals surface area contributed by atoms with E-state index in [-0.39, 0.29) is 24.1 Å². The number of carbonyl (C=O) groups is 1. The molecule has 0 aliphatic carbocycles. The maximum absolute atomic E-state index is 13.5. The van der Waals surface area contributed by atoms with Gasteiger partial charge >= 0.3 is 5.97 Å². The third kappa shape index (κ3) is 3.42. The predicted octanol–water partition coefficient (Wildman–Crippen LogP) is 2.60. The molecule has 0 spiro atoms. The van der Waals surface area contributed by atoms with Gasteiger partial charge < -0.3 is 9.64 Å². The van der Waals surface area contributed by atoms with Crippen molar-refractivity contribution < 1.29 is 18.3 Å². The number of esters is 1. The first-order valence-electron chi connectivity index (χ1n) is 5.73. The van der Waals surface area contributed by atoms with Crippen molar-refractivity contribution >= 4 is 11.7 Å². The Hall–Kier alpha value is -1.65. The topological polar surface area (TPSA) is 29.5 Å². The molecule has 0 radical (unpaired) electrons. The third-order valence-corrected chi connectivity index (χ3v) is 2.84. The average molecular weight is 257 g/mol. The van der Waals surface area contributed by atoms with Crippen LogP contribution < -0.4 is 4.90 Å². The van der Waals surface area contributed by atoms with Gasteiger partial charge in [0.05, 0.1) is 18.7 Å². The van der Waals surface area contributed by atoms with Gasteiger partial charge in [-0.2, -0.15) is 0 Å². The Labute approximate surface area is 105 Å². The van der Waals surface area contributed by atoms with Crippen LogP contribution in [0.5, 0.6) is 0 Å². The smallest absolute Gasteiger partial charge is 0.310 e. The van der Waals surface area contributed by atoms with E-state index >= 15 is 0 Å². The monoisotopic (exact) mass is 257 g/mol. The van der Waals surface area contributed by atoms with E-state index in [0.29, 0.717) is 6.42 Å². The van der Waals surface area contributed by atoms with Gasteiger partial charge in [0.25, 0.3) is 0 Å². The van der Waals surface area contributed by atoms with Crippen molar-refractivity contribution in [1.82, 2.24) is 0 Å². The Balaban J connectivity index is 2.83. The maximum Gasteiger partial charge on any atom is 0.310 e. The Kier molecular flexibility index (Phi) is 5.07. The predicted molar refractivity (Wildman–Crippen MR) is 65.4 cm³/mol. The molecule has 0 N–H and O–H groups in total. The highest BCUT2D eigenvalue weighted by Crippen LogP contribution is 2.21. The number of nitrogens with zero attached hydrogens (tertiary/aromatic N) is 1. The van der Waals surface area contributed by atoms with Gasteiger partial charge in [-0.25, -0.2) is 8.78 Å². The largest absolute Gasteiger partial charge is 0.469 e. The van der Waals surface area contributed by atoms with Gasteiger partial charge in [0, 0.05) is 19.7 Å². The molecule has 0 bridgehead atoms. The number of halogens is 2. The molecule has 1 aromatic carbocycles. The Morgan fingerprint density at radius 1 is 1.44 bits per heavy atom. The standard InChI is InChI=1S/C13H17F2NO2/c1-4-9(13(17)18-3)8-16(2)12-7-10(14)5-6-11(12)15/h5-7,9H,4,8H2,1-3H3. The van der Waals surface area contributed by atoms with Crippen LogP contribution in [0.2, 0.25) is 0 Å². The Morgan fingerprint density at radius 3 is 2.67 bits per heavy atom. The quantitative estimate of drug-likeness (QED) is 0.759. The Morgan fingerprint density at radius 2 is 2.11 bits per heavy atom. The van der Waals surface area contributed by atoms with Crippen molar-refractivity contribution in [1.29, 1.82) is 0 Å². The summed E-state index contributed by atoms with van der Waals surface area (Å²) in [4.78, 5) is 13.0. The molecule has 0 aromatic heterocycles. The normalized spacial score (nSPS) is 12.1. The van der Waals surface area contributed by atoms with Gasteiger partial charge in [0.15, 0.2) is 0 Å². The number of carbonyl (C=O) groups excluding carboxylic acids is 1. The summed E-state index contributed by atoms with van der Waals surface area (Å²) in [5.41, 5.74) is 0.136. The molecule has 1 rings (SSSR count). The van der Waals surface area contributed by atoms with E-state index in [9.17, 15) is 13.6 Å². The van der Waals surface area contributed by atoms with Crippen molar-refractivity contribution in [2.75, 3.05) is 25.6 Å². The highest BCUT2D eigenvalue weighted by molar-refractivity contribution is 5.73. The van der Waals surface area contributed by atoms with E-state index in [1.54, 1.807) is 7.05 Å². The lowest BCUT2D eigenvalue weighted by Crippen LogP contribution is -2.31. The van der Waals surface area contributed by atoms with Crippen LogP contribution in [0.1, 0.15) is 13.3 Å². The first kappa shape index (κ1) is 14.4. The molecule has 0 aliphatic heterocycles. The van der Waals surface area contributed by atoms with Gasteiger partial charge in [-0.15, -0.1) is 0 Å². The van der Waals surface area contributed by atoms with Gasteiger partial charge in [-0.3, -0.25) is 4.79 Å². The minimum absolute atomic E-state index is 0.136. The second-order valence-electron chi connectivity index (χ2n) is 4.10. The van der Waals surface area contributed by atoms with E-state index in [4.69, 9.17) is 0 Å². The van der Waals surface area contributed by atoms with Gasteiger partial charge in [-0.05, 0) is 18.6 Å². The zero-order valence-corrected chi connectivity index (χ0v) is 10.7. The summed E-state index contributed by atoms with van der Waals surface area (Å²) in [6.45, 7) is 2.13. The Bertz CT molecular complexity index is 423. The molecule has 0 amide bonds. The maximum atomic E-state index is 13.5. The van der Waals surface area contributed by atoms with Crippen LogP contribution in [0, 0.1) is 17.6 Å². The minimum atomic E-state index is -0.515. The lowest BCUT2D eigenvalue weighted by Gasteiger charge is -2.24. The molecule has 1 unspecified atom stereocenters. The van der Waals surface area contributed by atoms with E-state index < -0.39 is 11.6 Å². The highest BCUT2D eigenvalue weighted by Gasteiger charge is 2.20. The second-order valence-corrected chi connectivity index (χ2v) is 4.10. The van der Waals surface area contributed by atoms with Crippen LogP contribution in [-0.2, 0) is 9.53 Å². The van der Waals surface area contributed by atoms with E-state index in [0.717, 1.165) is 18.2 Å². The van der Waals surface area contributed by atoms with E-state index in [1.807, 2.05) is 6.92 Å². The number of methoxy groups -OCH3 is 1. The first-order valence-corrected chi connectivity index (χ1v) is 5.73. The molecule has 0 fully saturated rings. The van der Waals surface area contributed by atoms with Crippen LogP contribution in [0.15, 0.2) is 18.2 Å². The molecule has 0 heterocycles. The van der Waals surface area contributed by atoms with Crippen molar-refractivity contribution in [3.8, 4) is 0 Å². The lowest BCUT2D eigenvalue weighted by atomic mass is 10.1. The third-order valence-electron chi connectivity index (χ3n) is 2.84. The molecular formula is C13H17F2NO2. The fraction of sp³-hybridized carbons (Fsp3) is 0.462. The van der Waals surface area contributed by atoms with Crippen LogP contribution in [0.25, 0.3) is 0 Å². The number of rotatable bonds is 5. The lowest BCUT2D eigenvalue weighted by molar-refractivity contribution is -0.145. The number of benzene rings is 1. The van der Waals surface area contributed by atoms with Crippen LogP contribution >= 0.6 is 0 Å². The number of anilines is 1. The number of ether oxygens (including phenoxy) is 1. The van der Waals surface area contributed by atoms with Gasteiger partial charge in [0.1, 0.15) is 11.6 Å². The first-order chi connectivity index (χ1) is 8.49. The molecule has 5 heteroatoms. The molecule has 1 aromatic rings. The molecule has 3 nitrogen and oxygen atoms in total. The van der Waals surface area contributed by atoms with E-state index in [2.05, 4.69) is 4.74 Å². The fourth-order valence-electron chi connectivity index (χ4n) is 1.74. The summed E-state index contributed by atoms with van der Waals surface area (Å²) >= 11 is 0. The average Bonchev–Trinajstić information content (AvgIpc) is 2.37. The summed E-state index contributed by atoms with van der Waals surface area (Å²) in [6.07, 6.45) is 0.577. The molecule has 0 saturated carbocycles. The zero-order valence-electron chi connectivity index (χ0n) is 10.7.